The van der Waals surface area contributed by atoms with E-state index in [9.17, 15) is 0 Å². The summed E-state index contributed by atoms with van der Waals surface area (Å²) in [6.07, 6.45) is 0. The van der Waals surface area contributed by atoms with Crippen molar-refractivity contribution in [2.24, 2.45) is 0 Å². The van der Waals surface area contributed by atoms with E-state index in [1.54, 1.807) is 21.2 Å². The minimum atomic E-state index is 0. The Bertz CT molecular complexity index is 462. The molecule has 0 aliphatic heterocycles. The molecule has 0 aliphatic carbocycles. The zero-order valence-electron chi connectivity index (χ0n) is 14.2. The molecule has 5 heteroatoms. The van der Waals surface area contributed by atoms with E-state index in [0.29, 0.717) is 0 Å². The molecule has 119 valence electrons. The molecule has 21 heavy (non-hydrogen) atoms. The smallest absolute Gasteiger partial charge is 1.00 e. The number of hydrogen-bond acceptors (Lipinski definition) is 0. The standard InChI is InChI=1S/2C8H13P.2ClH.V/c2*1-5-6(2)8(4)9-7(5)3;;;/h2*9H,1-4H3;2*1H;/q;;;;+2/p-2. The average Bonchev–Trinajstić information content (AvgIpc) is 2.66. The fourth-order valence-electron chi connectivity index (χ4n) is 2.06. The van der Waals surface area contributed by atoms with Gasteiger partial charge in [-0.3, -0.25) is 0 Å². The summed E-state index contributed by atoms with van der Waals surface area (Å²) in [7, 11) is 1.95. The normalized spacial score (nSPS) is 8.76. The summed E-state index contributed by atoms with van der Waals surface area (Å²) in [5.41, 5.74) is 6.08. The van der Waals surface area contributed by atoms with Gasteiger partial charge < -0.3 is 24.8 Å². The quantitative estimate of drug-likeness (QED) is 0.578. The second-order valence-electron chi connectivity index (χ2n) is 5.25. The van der Waals surface area contributed by atoms with Crippen LogP contribution in [0.5, 0.6) is 0 Å². The zero-order valence-corrected chi connectivity index (χ0v) is 19.1. The topological polar surface area (TPSA) is 0 Å². The molecule has 0 nitrogen and oxygen atoms in total. The van der Waals surface area contributed by atoms with Gasteiger partial charge in [0.05, 0.1) is 0 Å². The second-order valence-corrected chi connectivity index (χ2v) is 8.75. The van der Waals surface area contributed by atoms with Crippen LogP contribution >= 0.6 is 16.4 Å². The van der Waals surface area contributed by atoms with Crippen molar-refractivity contribution in [1.29, 1.82) is 0 Å². The van der Waals surface area contributed by atoms with Crippen molar-refractivity contribution in [1.82, 2.24) is 0 Å². The third kappa shape index (κ3) is 6.79. The van der Waals surface area contributed by atoms with Crippen LogP contribution in [0.1, 0.15) is 43.4 Å². The third-order valence-corrected chi connectivity index (χ3v) is 7.12. The molecule has 0 fully saturated rings. The Hall–Kier alpha value is 0.724. The Morgan fingerprint density at radius 3 is 0.619 bits per heavy atom. The number of rotatable bonds is 0. The van der Waals surface area contributed by atoms with Crippen LogP contribution in [0.15, 0.2) is 0 Å². The summed E-state index contributed by atoms with van der Waals surface area (Å²) in [6, 6.07) is 0. The Morgan fingerprint density at radius 2 is 0.571 bits per heavy atom. The number of hydrogen-bond donors (Lipinski definition) is 0. The predicted octanol–water partition coefficient (Wildman–Crippen LogP) is -0.0913. The van der Waals surface area contributed by atoms with Gasteiger partial charge in [-0.2, -0.15) is 0 Å². The number of aryl methyl sites for hydroxylation is 4. The maximum Gasteiger partial charge on any atom is 2.00 e. The van der Waals surface area contributed by atoms with Gasteiger partial charge in [0.15, 0.2) is 0 Å². The number of halogens is 2. The fraction of sp³-hybridized carbons (Fsp3) is 0.500. The van der Waals surface area contributed by atoms with Crippen LogP contribution in [-0.2, 0) is 18.6 Å². The van der Waals surface area contributed by atoms with Crippen LogP contribution < -0.4 is 24.8 Å². The van der Waals surface area contributed by atoms with E-state index in [2.05, 4.69) is 55.4 Å². The van der Waals surface area contributed by atoms with E-state index in [0.717, 1.165) is 16.4 Å². The fourth-order valence-corrected chi connectivity index (χ4v) is 4.69. The van der Waals surface area contributed by atoms with Crippen molar-refractivity contribution in [3.05, 3.63) is 43.4 Å². The molecule has 2 aromatic rings. The molecule has 0 unspecified atom stereocenters. The van der Waals surface area contributed by atoms with Gasteiger partial charge in [0.25, 0.3) is 0 Å². The first-order valence-corrected chi connectivity index (χ1v) is 8.50. The van der Waals surface area contributed by atoms with Gasteiger partial charge in [-0.25, -0.2) is 0 Å². The van der Waals surface area contributed by atoms with E-state index < -0.39 is 0 Å². The maximum atomic E-state index is 2.23. The molecule has 0 N–H and O–H groups in total. The van der Waals surface area contributed by atoms with Crippen molar-refractivity contribution >= 4 is 16.4 Å². The van der Waals surface area contributed by atoms with Crippen molar-refractivity contribution in [2.45, 2.75) is 55.4 Å². The monoisotopic (exact) mass is 401 g/mol. The molecule has 0 aromatic carbocycles. The Labute approximate surface area is 158 Å². The molecule has 2 rings (SSSR count). The van der Waals surface area contributed by atoms with Crippen LogP contribution in [0.3, 0.4) is 0 Å². The van der Waals surface area contributed by atoms with Crippen molar-refractivity contribution in [2.75, 3.05) is 0 Å². The summed E-state index contributed by atoms with van der Waals surface area (Å²) in [5.74, 6) is 0. The zero-order chi connectivity index (χ0) is 14.0. The van der Waals surface area contributed by atoms with Gasteiger partial charge in [-0.15, -0.1) is 16.4 Å². The van der Waals surface area contributed by atoms with E-state index in [-0.39, 0.29) is 43.4 Å². The van der Waals surface area contributed by atoms with Gasteiger partial charge >= 0.3 is 18.6 Å². The first kappa shape index (κ1) is 26.6. The minimum Gasteiger partial charge on any atom is -1.00 e. The predicted molar refractivity (Wildman–Crippen MR) is 89.8 cm³/mol. The third-order valence-electron chi connectivity index (χ3n) is 4.12. The summed E-state index contributed by atoms with van der Waals surface area (Å²) in [5, 5.41) is 6.30. The van der Waals surface area contributed by atoms with Gasteiger partial charge in [0.2, 0.25) is 0 Å². The SMILES string of the molecule is Cc1[pH]c(C)c(C)c1C.Cc1[pH]c(C)c(C)c1C.[Cl-].[Cl-].[V+2]. The molecule has 0 saturated carbocycles. The summed E-state index contributed by atoms with van der Waals surface area (Å²) >= 11 is 0. The molecule has 0 spiro atoms. The summed E-state index contributed by atoms with van der Waals surface area (Å²) in [6.45, 7) is 17.8. The molecule has 2 aromatic heterocycles. The van der Waals surface area contributed by atoms with Crippen LogP contribution in [0.25, 0.3) is 0 Å². The molecule has 0 aliphatic rings. The molecule has 0 saturated heterocycles. The first-order chi connectivity index (χ1) is 8.25. The van der Waals surface area contributed by atoms with Crippen LogP contribution in [0.4, 0.5) is 0 Å². The van der Waals surface area contributed by atoms with Gasteiger partial charge in [0.1, 0.15) is 0 Å². The molecule has 2 heterocycles. The first-order valence-electron chi connectivity index (χ1n) is 6.50. The van der Waals surface area contributed by atoms with Gasteiger partial charge in [0, 0.05) is 0 Å². The van der Waals surface area contributed by atoms with Crippen LogP contribution in [-0.4, -0.2) is 0 Å². The molecular weight excluding hydrogens is 376 g/mol. The molecule has 0 amide bonds. The summed E-state index contributed by atoms with van der Waals surface area (Å²) in [4.78, 5) is 0. The van der Waals surface area contributed by atoms with Gasteiger partial charge in [-0.1, -0.05) is 0 Å². The molecule has 0 atom stereocenters. The van der Waals surface area contributed by atoms with Crippen LogP contribution in [0.2, 0.25) is 0 Å². The average molecular weight is 402 g/mol. The van der Waals surface area contributed by atoms with Crippen molar-refractivity contribution < 1.29 is 43.4 Å². The molecular formula is C16H26Cl2P2V. The molecule has 0 bridgehead atoms. The van der Waals surface area contributed by atoms with E-state index in [1.165, 1.54) is 22.3 Å². The van der Waals surface area contributed by atoms with E-state index in [1.807, 2.05) is 0 Å². The van der Waals surface area contributed by atoms with E-state index in [4.69, 9.17) is 0 Å². The van der Waals surface area contributed by atoms with Gasteiger partial charge in [-0.05, 0) is 98.8 Å². The Balaban J connectivity index is -0.000000270. The Morgan fingerprint density at radius 1 is 0.429 bits per heavy atom. The van der Waals surface area contributed by atoms with Crippen LogP contribution in [0, 0.1) is 55.4 Å². The largest absolute Gasteiger partial charge is 2.00 e. The molecule has 1 radical (unpaired) electrons. The van der Waals surface area contributed by atoms with Crippen molar-refractivity contribution in [3.8, 4) is 0 Å². The summed E-state index contributed by atoms with van der Waals surface area (Å²) < 4.78 is 0. The van der Waals surface area contributed by atoms with E-state index >= 15 is 0 Å². The Kier molecular flexibility index (Phi) is 14.3. The second kappa shape index (κ2) is 11.3. The maximum absolute atomic E-state index is 2.23. The minimum absolute atomic E-state index is 0. The van der Waals surface area contributed by atoms with Crippen molar-refractivity contribution in [3.63, 3.8) is 0 Å².